The largest absolute Gasteiger partial charge is 0.573 e. The van der Waals surface area contributed by atoms with Gasteiger partial charge < -0.3 is 4.74 Å². The van der Waals surface area contributed by atoms with Crippen LogP contribution < -0.4 is 4.74 Å². The van der Waals surface area contributed by atoms with Crippen molar-refractivity contribution >= 4 is 0 Å². The molecule has 0 radical (unpaired) electrons. The van der Waals surface area contributed by atoms with Crippen molar-refractivity contribution in [3.05, 3.63) is 64.7 Å². The SMILES string of the molecule is CCCCCc1ccc(CCc2ccc(OC(F)(F)F)cc2)c(F)c1F. The Morgan fingerprint density at radius 1 is 0.769 bits per heavy atom. The lowest BCUT2D eigenvalue weighted by atomic mass is 10.00. The quantitative estimate of drug-likeness (QED) is 0.386. The zero-order valence-corrected chi connectivity index (χ0v) is 14.5. The molecule has 0 atom stereocenters. The number of benzene rings is 2. The van der Waals surface area contributed by atoms with Gasteiger partial charge in [0.1, 0.15) is 5.75 Å². The zero-order chi connectivity index (χ0) is 19.2. The molecule has 0 saturated carbocycles. The van der Waals surface area contributed by atoms with Gasteiger partial charge in [0.2, 0.25) is 0 Å². The Balaban J connectivity index is 1.97. The lowest BCUT2D eigenvalue weighted by Crippen LogP contribution is -2.17. The highest BCUT2D eigenvalue weighted by atomic mass is 19.4. The van der Waals surface area contributed by atoms with Crippen molar-refractivity contribution in [1.29, 1.82) is 0 Å². The summed E-state index contributed by atoms with van der Waals surface area (Å²) in [6.45, 7) is 2.04. The lowest BCUT2D eigenvalue weighted by Gasteiger charge is -2.10. The van der Waals surface area contributed by atoms with Crippen LogP contribution in [0.4, 0.5) is 22.0 Å². The molecule has 0 aliphatic heterocycles. The summed E-state index contributed by atoms with van der Waals surface area (Å²) in [6, 6.07) is 8.57. The van der Waals surface area contributed by atoms with Crippen LogP contribution in [0.2, 0.25) is 0 Å². The first-order chi connectivity index (χ1) is 12.3. The van der Waals surface area contributed by atoms with Crippen molar-refractivity contribution in [1.82, 2.24) is 0 Å². The van der Waals surface area contributed by atoms with Crippen LogP contribution >= 0.6 is 0 Å². The molecule has 0 fully saturated rings. The van der Waals surface area contributed by atoms with E-state index in [1.807, 2.05) is 6.92 Å². The summed E-state index contributed by atoms with van der Waals surface area (Å²) in [6.07, 6.45) is -0.779. The second-order valence-corrected chi connectivity index (χ2v) is 6.16. The molecule has 2 aromatic rings. The second kappa shape index (κ2) is 9.01. The number of rotatable bonds is 8. The highest BCUT2D eigenvalue weighted by molar-refractivity contribution is 5.30. The molecular weight excluding hydrogens is 351 g/mol. The van der Waals surface area contributed by atoms with E-state index in [0.717, 1.165) is 19.3 Å². The summed E-state index contributed by atoms with van der Waals surface area (Å²) >= 11 is 0. The van der Waals surface area contributed by atoms with Gasteiger partial charge in [0.15, 0.2) is 11.6 Å². The Bertz CT molecular complexity index is 707. The zero-order valence-electron chi connectivity index (χ0n) is 14.5. The highest BCUT2D eigenvalue weighted by Crippen LogP contribution is 2.24. The van der Waals surface area contributed by atoms with E-state index in [0.29, 0.717) is 24.0 Å². The molecule has 142 valence electrons. The van der Waals surface area contributed by atoms with Gasteiger partial charge >= 0.3 is 6.36 Å². The van der Waals surface area contributed by atoms with Gasteiger partial charge in [0, 0.05) is 0 Å². The third-order valence-electron chi connectivity index (χ3n) is 4.13. The fraction of sp³-hybridized carbons (Fsp3) is 0.400. The van der Waals surface area contributed by atoms with Crippen LogP contribution in [-0.2, 0) is 19.3 Å². The normalized spacial score (nSPS) is 11.6. The predicted octanol–water partition coefficient (Wildman–Crippen LogP) is 6.38. The maximum Gasteiger partial charge on any atom is 0.573 e. The molecule has 0 saturated heterocycles. The molecule has 1 nitrogen and oxygen atoms in total. The first-order valence-corrected chi connectivity index (χ1v) is 8.60. The molecule has 26 heavy (non-hydrogen) atoms. The van der Waals surface area contributed by atoms with Crippen LogP contribution in [0.1, 0.15) is 42.9 Å². The maximum atomic E-state index is 14.2. The van der Waals surface area contributed by atoms with Crippen LogP contribution in [0.5, 0.6) is 5.75 Å². The lowest BCUT2D eigenvalue weighted by molar-refractivity contribution is -0.274. The summed E-state index contributed by atoms with van der Waals surface area (Å²) in [5.41, 5.74) is 1.36. The number of halogens is 5. The van der Waals surface area contributed by atoms with E-state index < -0.39 is 18.0 Å². The van der Waals surface area contributed by atoms with Crippen molar-refractivity contribution in [2.45, 2.75) is 51.8 Å². The minimum absolute atomic E-state index is 0.261. The molecule has 2 aromatic carbocycles. The predicted molar refractivity (Wildman–Crippen MR) is 90.1 cm³/mol. The average molecular weight is 372 g/mol. The molecule has 0 amide bonds. The molecular formula is C20H21F5O. The molecule has 0 aliphatic rings. The number of aryl methyl sites for hydroxylation is 3. The summed E-state index contributed by atoms with van der Waals surface area (Å²) < 4.78 is 68.5. The van der Waals surface area contributed by atoms with E-state index in [1.54, 1.807) is 12.1 Å². The van der Waals surface area contributed by atoms with Crippen molar-refractivity contribution in [2.24, 2.45) is 0 Å². The minimum atomic E-state index is -4.74. The average Bonchev–Trinajstić information content (AvgIpc) is 2.58. The number of unbranched alkanes of at least 4 members (excludes halogenated alkanes) is 2. The van der Waals surface area contributed by atoms with Gasteiger partial charge in [0.05, 0.1) is 0 Å². The molecule has 0 N–H and O–H groups in total. The van der Waals surface area contributed by atoms with Gasteiger partial charge in [-0.1, -0.05) is 44.0 Å². The van der Waals surface area contributed by atoms with Crippen LogP contribution in [-0.4, -0.2) is 6.36 Å². The monoisotopic (exact) mass is 372 g/mol. The van der Waals surface area contributed by atoms with E-state index in [4.69, 9.17) is 0 Å². The first-order valence-electron chi connectivity index (χ1n) is 8.60. The third-order valence-corrected chi connectivity index (χ3v) is 4.13. The third kappa shape index (κ3) is 6.00. The van der Waals surface area contributed by atoms with Crippen molar-refractivity contribution in [3.63, 3.8) is 0 Å². The molecule has 0 bridgehead atoms. The van der Waals surface area contributed by atoms with Gasteiger partial charge in [-0.25, -0.2) is 8.78 Å². The number of hydrogen-bond acceptors (Lipinski definition) is 1. The Labute approximate surface area is 149 Å². The fourth-order valence-electron chi connectivity index (χ4n) is 2.72. The van der Waals surface area contributed by atoms with E-state index in [9.17, 15) is 22.0 Å². The maximum absolute atomic E-state index is 14.2. The van der Waals surface area contributed by atoms with E-state index in [2.05, 4.69) is 4.74 Å². The molecule has 6 heteroatoms. The molecule has 0 spiro atoms. The summed E-state index contributed by atoms with van der Waals surface area (Å²) in [4.78, 5) is 0. The van der Waals surface area contributed by atoms with E-state index >= 15 is 0 Å². The van der Waals surface area contributed by atoms with Gasteiger partial charge in [-0.15, -0.1) is 13.2 Å². The Hall–Kier alpha value is -2.11. The molecule has 2 rings (SSSR count). The van der Waals surface area contributed by atoms with Crippen LogP contribution in [0.15, 0.2) is 36.4 Å². The van der Waals surface area contributed by atoms with Crippen LogP contribution in [0.3, 0.4) is 0 Å². The van der Waals surface area contributed by atoms with Crippen molar-refractivity contribution in [2.75, 3.05) is 0 Å². The molecule has 0 heterocycles. The Morgan fingerprint density at radius 3 is 1.88 bits per heavy atom. The minimum Gasteiger partial charge on any atom is -0.406 e. The van der Waals surface area contributed by atoms with Crippen molar-refractivity contribution in [3.8, 4) is 5.75 Å². The Morgan fingerprint density at radius 2 is 1.35 bits per heavy atom. The number of hydrogen-bond donors (Lipinski definition) is 0. The van der Waals surface area contributed by atoms with Crippen molar-refractivity contribution < 1.29 is 26.7 Å². The van der Waals surface area contributed by atoms with E-state index in [1.165, 1.54) is 24.3 Å². The van der Waals surface area contributed by atoms with Gasteiger partial charge in [-0.2, -0.15) is 0 Å². The first kappa shape index (κ1) is 20.2. The van der Waals surface area contributed by atoms with Gasteiger partial charge in [0.25, 0.3) is 0 Å². The molecule has 0 aliphatic carbocycles. The van der Waals surface area contributed by atoms with Crippen LogP contribution in [0, 0.1) is 11.6 Å². The number of alkyl halides is 3. The topological polar surface area (TPSA) is 9.23 Å². The van der Waals surface area contributed by atoms with Gasteiger partial charge in [-0.05, 0) is 54.5 Å². The summed E-state index contributed by atoms with van der Waals surface area (Å²) in [5, 5.41) is 0. The smallest absolute Gasteiger partial charge is 0.406 e. The summed E-state index contributed by atoms with van der Waals surface area (Å²) in [7, 11) is 0. The van der Waals surface area contributed by atoms with Gasteiger partial charge in [-0.3, -0.25) is 0 Å². The fourth-order valence-corrected chi connectivity index (χ4v) is 2.72. The Kier molecular flexibility index (Phi) is 7.00. The standard InChI is InChI=1S/C20H21F5O/c1-2-3-4-5-15-10-11-16(19(22)18(15)21)9-6-14-7-12-17(13-8-14)26-20(23,24)25/h7-8,10-13H,2-6,9H2,1H3. The highest BCUT2D eigenvalue weighted by Gasteiger charge is 2.30. The molecule has 0 aromatic heterocycles. The van der Waals surface area contributed by atoms with E-state index in [-0.39, 0.29) is 17.7 Å². The van der Waals surface area contributed by atoms with Crippen LogP contribution in [0.25, 0.3) is 0 Å². The molecule has 0 unspecified atom stereocenters. The second-order valence-electron chi connectivity index (χ2n) is 6.16. The summed E-state index contributed by atoms with van der Waals surface area (Å²) in [5.74, 6) is -1.95. The number of ether oxygens (including phenoxy) is 1.